The SMILES string of the molecule is O=c1cnc2c([nH]1)C[C@@H]1CCCC[C@H]1C2. The Morgan fingerprint density at radius 2 is 1.93 bits per heavy atom. The van der Waals surface area contributed by atoms with Gasteiger partial charge in [-0.25, -0.2) is 0 Å². The molecule has 3 nitrogen and oxygen atoms in total. The van der Waals surface area contributed by atoms with Crippen LogP contribution in [0.1, 0.15) is 37.1 Å². The summed E-state index contributed by atoms with van der Waals surface area (Å²) in [5.74, 6) is 1.62. The number of hydrogen-bond donors (Lipinski definition) is 1. The normalized spacial score (nSPS) is 29.3. The smallest absolute Gasteiger partial charge is 0.266 e. The summed E-state index contributed by atoms with van der Waals surface area (Å²) < 4.78 is 0. The first kappa shape index (κ1) is 9.13. The fraction of sp³-hybridized carbons (Fsp3) is 0.667. The zero-order valence-electron chi connectivity index (χ0n) is 8.83. The lowest BCUT2D eigenvalue weighted by Crippen LogP contribution is -2.31. The molecule has 0 bridgehead atoms. The Bertz CT molecular complexity index is 424. The molecular formula is C12H16N2O. The number of hydrogen-bond acceptors (Lipinski definition) is 2. The first-order chi connectivity index (χ1) is 7.33. The Balaban J connectivity index is 1.95. The van der Waals surface area contributed by atoms with Crippen LogP contribution in [0.25, 0.3) is 0 Å². The molecule has 0 saturated heterocycles. The number of fused-ring (bicyclic) bond motifs is 2. The molecule has 3 rings (SSSR count). The number of H-pyrrole nitrogens is 1. The van der Waals surface area contributed by atoms with Gasteiger partial charge in [-0.3, -0.25) is 9.78 Å². The maximum absolute atomic E-state index is 11.2. The molecule has 2 atom stereocenters. The Morgan fingerprint density at radius 3 is 2.73 bits per heavy atom. The van der Waals surface area contributed by atoms with E-state index in [-0.39, 0.29) is 5.56 Å². The van der Waals surface area contributed by atoms with E-state index in [0.29, 0.717) is 0 Å². The Labute approximate surface area is 88.9 Å². The van der Waals surface area contributed by atoms with Crippen LogP contribution in [-0.2, 0) is 12.8 Å². The Hall–Kier alpha value is -1.12. The summed E-state index contributed by atoms with van der Waals surface area (Å²) in [6.07, 6.45) is 8.97. The molecule has 3 heteroatoms. The lowest BCUT2D eigenvalue weighted by molar-refractivity contribution is 0.216. The molecule has 1 heterocycles. The summed E-state index contributed by atoms with van der Waals surface area (Å²) in [6.45, 7) is 0. The van der Waals surface area contributed by atoms with Gasteiger partial charge in [0, 0.05) is 5.69 Å². The van der Waals surface area contributed by atoms with Crippen LogP contribution in [0.15, 0.2) is 11.0 Å². The fourth-order valence-electron chi connectivity index (χ4n) is 3.14. The Kier molecular flexibility index (Phi) is 2.11. The maximum atomic E-state index is 11.2. The van der Waals surface area contributed by atoms with Gasteiger partial charge in [0.05, 0.1) is 11.9 Å². The van der Waals surface area contributed by atoms with Crippen molar-refractivity contribution < 1.29 is 0 Å². The van der Waals surface area contributed by atoms with Gasteiger partial charge in [0.1, 0.15) is 0 Å². The third-order valence-corrected chi connectivity index (χ3v) is 3.95. The van der Waals surface area contributed by atoms with Crippen molar-refractivity contribution in [2.75, 3.05) is 0 Å². The molecule has 1 fully saturated rings. The van der Waals surface area contributed by atoms with Crippen molar-refractivity contribution in [2.45, 2.75) is 38.5 Å². The van der Waals surface area contributed by atoms with Crippen molar-refractivity contribution in [3.05, 3.63) is 27.9 Å². The van der Waals surface area contributed by atoms with E-state index in [4.69, 9.17) is 0 Å². The van der Waals surface area contributed by atoms with E-state index in [0.717, 1.165) is 36.1 Å². The molecule has 0 radical (unpaired) electrons. The van der Waals surface area contributed by atoms with Gasteiger partial charge in [-0.2, -0.15) is 0 Å². The van der Waals surface area contributed by atoms with Crippen LogP contribution in [0.3, 0.4) is 0 Å². The van der Waals surface area contributed by atoms with Gasteiger partial charge >= 0.3 is 0 Å². The van der Waals surface area contributed by atoms with Gasteiger partial charge in [0.25, 0.3) is 5.56 Å². The van der Waals surface area contributed by atoms with Crippen molar-refractivity contribution in [1.29, 1.82) is 0 Å². The van der Waals surface area contributed by atoms with Gasteiger partial charge in [0.15, 0.2) is 0 Å². The average molecular weight is 204 g/mol. The highest BCUT2D eigenvalue weighted by Gasteiger charge is 2.31. The summed E-state index contributed by atoms with van der Waals surface area (Å²) in [5, 5.41) is 0. The minimum absolute atomic E-state index is 0.0528. The predicted molar refractivity (Wildman–Crippen MR) is 57.7 cm³/mol. The molecule has 2 aliphatic rings. The highest BCUT2D eigenvalue weighted by atomic mass is 16.1. The summed E-state index contributed by atoms with van der Waals surface area (Å²) in [5.41, 5.74) is 2.19. The molecule has 2 aliphatic carbocycles. The number of nitrogens with zero attached hydrogens (tertiary/aromatic N) is 1. The molecule has 1 saturated carbocycles. The number of nitrogens with one attached hydrogen (secondary N) is 1. The van der Waals surface area contributed by atoms with Gasteiger partial charge < -0.3 is 4.98 Å². The lowest BCUT2D eigenvalue weighted by Gasteiger charge is -2.35. The molecule has 1 aromatic rings. The van der Waals surface area contributed by atoms with E-state index in [1.807, 2.05) is 0 Å². The Morgan fingerprint density at radius 1 is 1.20 bits per heavy atom. The highest BCUT2D eigenvalue weighted by molar-refractivity contribution is 5.16. The first-order valence-corrected chi connectivity index (χ1v) is 5.90. The van der Waals surface area contributed by atoms with E-state index in [1.54, 1.807) is 0 Å². The second-order valence-electron chi connectivity index (χ2n) is 4.89. The van der Waals surface area contributed by atoms with E-state index in [2.05, 4.69) is 9.97 Å². The van der Waals surface area contributed by atoms with Crippen molar-refractivity contribution in [3.8, 4) is 0 Å². The van der Waals surface area contributed by atoms with Crippen LogP contribution >= 0.6 is 0 Å². The second-order valence-corrected chi connectivity index (χ2v) is 4.89. The average Bonchev–Trinajstić information content (AvgIpc) is 2.26. The van der Waals surface area contributed by atoms with Gasteiger partial charge in [0.2, 0.25) is 0 Å². The molecule has 15 heavy (non-hydrogen) atoms. The third-order valence-electron chi connectivity index (χ3n) is 3.95. The van der Waals surface area contributed by atoms with E-state index in [1.165, 1.54) is 31.9 Å². The zero-order chi connectivity index (χ0) is 10.3. The van der Waals surface area contributed by atoms with Gasteiger partial charge in [-0.1, -0.05) is 12.8 Å². The molecule has 1 aromatic heterocycles. The molecule has 0 spiro atoms. The number of aromatic amines is 1. The fourth-order valence-corrected chi connectivity index (χ4v) is 3.14. The summed E-state index contributed by atoms with van der Waals surface area (Å²) in [7, 11) is 0. The maximum Gasteiger partial charge on any atom is 0.266 e. The summed E-state index contributed by atoms with van der Waals surface area (Å²) >= 11 is 0. The molecule has 0 aromatic carbocycles. The van der Waals surface area contributed by atoms with Crippen molar-refractivity contribution in [2.24, 2.45) is 11.8 Å². The minimum Gasteiger partial charge on any atom is -0.323 e. The number of rotatable bonds is 0. The zero-order valence-corrected chi connectivity index (χ0v) is 8.83. The van der Waals surface area contributed by atoms with Crippen molar-refractivity contribution in [1.82, 2.24) is 9.97 Å². The standard InChI is InChI=1S/C12H16N2O/c15-12-7-13-10-5-8-3-1-2-4-9(8)6-11(10)14-12/h7-9H,1-6H2,(H,14,15)/t8-,9-/m0/s1. The molecule has 80 valence electrons. The van der Waals surface area contributed by atoms with Crippen LogP contribution in [0.4, 0.5) is 0 Å². The highest BCUT2D eigenvalue weighted by Crippen LogP contribution is 2.37. The molecule has 0 aliphatic heterocycles. The van der Waals surface area contributed by atoms with Crippen LogP contribution in [0, 0.1) is 11.8 Å². The van der Waals surface area contributed by atoms with Gasteiger partial charge in [-0.15, -0.1) is 0 Å². The van der Waals surface area contributed by atoms with Gasteiger partial charge in [-0.05, 0) is 37.5 Å². The predicted octanol–water partition coefficient (Wildman–Crippen LogP) is 1.67. The largest absolute Gasteiger partial charge is 0.323 e. The van der Waals surface area contributed by atoms with Crippen LogP contribution < -0.4 is 5.56 Å². The second kappa shape index (κ2) is 3.47. The molecule has 0 amide bonds. The quantitative estimate of drug-likeness (QED) is 0.698. The van der Waals surface area contributed by atoms with Crippen LogP contribution in [-0.4, -0.2) is 9.97 Å². The first-order valence-electron chi connectivity index (χ1n) is 5.90. The van der Waals surface area contributed by atoms with Crippen LogP contribution in [0.5, 0.6) is 0 Å². The monoisotopic (exact) mass is 204 g/mol. The van der Waals surface area contributed by atoms with E-state index >= 15 is 0 Å². The van der Waals surface area contributed by atoms with Crippen molar-refractivity contribution >= 4 is 0 Å². The molecular weight excluding hydrogens is 188 g/mol. The summed E-state index contributed by atoms with van der Waals surface area (Å²) in [4.78, 5) is 18.4. The molecule has 0 unspecified atom stereocenters. The minimum atomic E-state index is -0.0528. The van der Waals surface area contributed by atoms with E-state index in [9.17, 15) is 4.79 Å². The number of aromatic nitrogens is 2. The summed E-state index contributed by atoms with van der Waals surface area (Å²) in [6, 6.07) is 0. The van der Waals surface area contributed by atoms with Crippen LogP contribution in [0.2, 0.25) is 0 Å². The molecule has 1 N–H and O–H groups in total. The van der Waals surface area contributed by atoms with Crippen molar-refractivity contribution in [3.63, 3.8) is 0 Å². The topological polar surface area (TPSA) is 45.8 Å². The lowest BCUT2D eigenvalue weighted by atomic mass is 9.71. The van der Waals surface area contributed by atoms with E-state index < -0.39 is 0 Å². The third kappa shape index (κ3) is 1.60.